The van der Waals surface area contributed by atoms with E-state index in [0.717, 1.165) is 16.0 Å². The number of benzene rings is 2. The fourth-order valence-corrected chi connectivity index (χ4v) is 3.29. The molecule has 0 spiro atoms. The monoisotopic (exact) mass is 370 g/mol. The van der Waals surface area contributed by atoms with Crippen LogP contribution in [0.3, 0.4) is 0 Å². The number of para-hydroxylation sites is 1. The van der Waals surface area contributed by atoms with Crippen LogP contribution in [-0.4, -0.2) is 21.1 Å². The molecule has 132 valence electrons. The fraction of sp³-hybridized carbons (Fsp3) is 0.118. The molecule has 0 aliphatic heterocycles. The summed E-state index contributed by atoms with van der Waals surface area (Å²) in [4.78, 5) is 34.3. The van der Waals surface area contributed by atoms with Gasteiger partial charge in [-0.05, 0) is 19.1 Å². The van der Waals surface area contributed by atoms with Gasteiger partial charge in [-0.3, -0.25) is 24.3 Å². The van der Waals surface area contributed by atoms with Crippen LogP contribution >= 0.6 is 11.3 Å². The molecular formula is C17H14N4O4S. The van der Waals surface area contributed by atoms with E-state index in [1.807, 2.05) is 12.1 Å². The number of hydrogen-bond donors (Lipinski definition) is 1. The van der Waals surface area contributed by atoms with Crippen LogP contribution in [0.2, 0.25) is 0 Å². The number of hydrogen-bond acceptors (Lipinski definition) is 6. The van der Waals surface area contributed by atoms with Crippen molar-refractivity contribution in [1.29, 1.82) is 0 Å². The SMILES string of the molecule is C/C(=N\NC(=O)Cn1c(=O)sc2ccccc21)c1cccc([N+](=O)[O-])c1. The molecule has 1 amide bonds. The molecule has 0 aliphatic carbocycles. The molecule has 3 rings (SSSR count). The predicted molar refractivity (Wildman–Crippen MR) is 99.5 cm³/mol. The van der Waals surface area contributed by atoms with E-state index in [9.17, 15) is 19.7 Å². The minimum Gasteiger partial charge on any atom is -0.289 e. The first-order chi connectivity index (χ1) is 12.5. The molecule has 0 unspecified atom stereocenters. The zero-order valence-corrected chi connectivity index (χ0v) is 14.5. The lowest BCUT2D eigenvalue weighted by molar-refractivity contribution is -0.384. The van der Waals surface area contributed by atoms with Crippen molar-refractivity contribution < 1.29 is 9.72 Å². The Morgan fingerprint density at radius 3 is 2.81 bits per heavy atom. The molecule has 2 aromatic carbocycles. The van der Waals surface area contributed by atoms with E-state index in [1.165, 1.54) is 16.7 Å². The van der Waals surface area contributed by atoms with E-state index in [1.54, 1.807) is 31.2 Å². The number of thiazole rings is 1. The number of carbonyl (C=O) groups is 1. The average Bonchev–Trinajstić information content (AvgIpc) is 2.95. The lowest BCUT2D eigenvalue weighted by Crippen LogP contribution is -2.28. The van der Waals surface area contributed by atoms with E-state index in [-0.39, 0.29) is 17.1 Å². The molecule has 1 N–H and O–H groups in total. The minimum absolute atomic E-state index is 0.0559. The molecule has 0 atom stereocenters. The van der Waals surface area contributed by atoms with E-state index in [2.05, 4.69) is 10.5 Å². The predicted octanol–water partition coefficient (Wildman–Crippen LogP) is 2.51. The molecule has 8 nitrogen and oxygen atoms in total. The van der Waals surface area contributed by atoms with Gasteiger partial charge < -0.3 is 0 Å². The smallest absolute Gasteiger partial charge is 0.289 e. The van der Waals surface area contributed by atoms with Crippen LogP contribution in [0.25, 0.3) is 10.2 Å². The van der Waals surface area contributed by atoms with Crippen LogP contribution in [0.15, 0.2) is 58.4 Å². The number of nitrogens with one attached hydrogen (secondary N) is 1. The van der Waals surface area contributed by atoms with Gasteiger partial charge in [-0.1, -0.05) is 35.6 Å². The summed E-state index contributed by atoms with van der Waals surface area (Å²) in [6, 6.07) is 13.2. The molecule has 9 heteroatoms. The molecule has 0 radical (unpaired) electrons. The normalized spacial score (nSPS) is 11.5. The summed E-state index contributed by atoms with van der Waals surface area (Å²) in [5, 5.41) is 14.8. The summed E-state index contributed by atoms with van der Waals surface area (Å²) in [5.74, 6) is -0.458. The maximum atomic E-state index is 12.1. The highest BCUT2D eigenvalue weighted by molar-refractivity contribution is 7.16. The second-order valence-electron chi connectivity index (χ2n) is 5.46. The van der Waals surface area contributed by atoms with Gasteiger partial charge in [0.1, 0.15) is 6.54 Å². The third kappa shape index (κ3) is 3.67. The molecule has 0 saturated carbocycles. The Kier molecular flexibility index (Phi) is 4.90. The van der Waals surface area contributed by atoms with Crippen molar-refractivity contribution in [3.63, 3.8) is 0 Å². The number of rotatable bonds is 5. The van der Waals surface area contributed by atoms with E-state index in [0.29, 0.717) is 16.8 Å². The summed E-state index contributed by atoms with van der Waals surface area (Å²) in [5.41, 5.74) is 3.97. The van der Waals surface area contributed by atoms with Crippen LogP contribution in [0.1, 0.15) is 12.5 Å². The van der Waals surface area contributed by atoms with Gasteiger partial charge in [-0.25, -0.2) is 5.43 Å². The van der Waals surface area contributed by atoms with Crippen molar-refractivity contribution in [2.75, 3.05) is 0 Å². The number of nitro benzene ring substituents is 1. The van der Waals surface area contributed by atoms with Gasteiger partial charge in [-0.2, -0.15) is 5.10 Å². The highest BCUT2D eigenvalue weighted by atomic mass is 32.1. The van der Waals surface area contributed by atoms with Crippen molar-refractivity contribution in [1.82, 2.24) is 9.99 Å². The molecule has 0 bridgehead atoms. The van der Waals surface area contributed by atoms with E-state index < -0.39 is 10.8 Å². The number of nitrogens with zero attached hydrogens (tertiary/aromatic N) is 3. The summed E-state index contributed by atoms with van der Waals surface area (Å²) in [7, 11) is 0. The lowest BCUT2D eigenvalue weighted by atomic mass is 10.1. The van der Waals surface area contributed by atoms with Gasteiger partial charge in [0, 0.05) is 17.7 Å². The van der Waals surface area contributed by atoms with E-state index >= 15 is 0 Å². The van der Waals surface area contributed by atoms with Crippen molar-refractivity contribution in [2.24, 2.45) is 5.10 Å². The van der Waals surface area contributed by atoms with Gasteiger partial charge in [0.2, 0.25) is 0 Å². The molecule has 1 heterocycles. The number of amides is 1. The van der Waals surface area contributed by atoms with Crippen LogP contribution in [0.4, 0.5) is 5.69 Å². The lowest BCUT2D eigenvalue weighted by Gasteiger charge is -2.04. The van der Waals surface area contributed by atoms with Gasteiger partial charge in [-0.15, -0.1) is 0 Å². The Morgan fingerprint density at radius 1 is 1.27 bits per heavy atom. The van der Waals surface area contributed by atoms with Crippen LogP contribution in [0, 0.1) is 10.1 Å². The number of carbonyl (C=O) groups excluding carboxylic acids is 1. The Bertz CT molecular complexity index is 1080. The Balaban J connectivity index is 1.74. The summed E-state index contributed by atoms with van der Waals surface area (Å²) >= 11 is 1.07. The Hall–Kier alpha value is -3.33. The molecule has 1 aromatic heterocycles. The zero-order valence-electron chi connectivity index (χ0n) is 13.7. The van der Waals surface area contributed by atoms with E-state index in [4.69, 9.17) is 0 Å². The van der Waals surface area contributed by atoms with Crippen molar-refractivity contribution in [3.8, 4) is 0 Å². The molecule has 0 fully saturated rings. The first-order valence-corrected chi connectivity index (χ1v) is 8.43. The third-order valence-electron chi connectivity index (χ3n) is 3.70. The molecule has 26 heavy (non-hydrogen) atoms. The second kappa shape index (κ2) is 7.28. The average molecular weight is 370 g/mol. The fourth-order valence-electron chi connectivity index (χ4n) is 2.40. The number of aromatic nitrogens is 1. The molecule has 0 aliphatic rings. The van der Waals surface area contributed by atoms with Gasteiger partial charge in [0.15, 0.2) is 0 Å². The Labute approximate surface area is 151 Å². The quantitative estimate of drug-likeness (QED) is 0.423. The zero-order chi connectivity index (χ0) is 18.7. The molecule has 3 aromatic rings. The standard InChI is InChI=1S/C17H14N4O4S/c1-11(12-5-4-6-13(9-12)21(24)25)18-19-16(22)10-20-14-7-2-3-8-15(14)26-17(20)23/h2-9H,10H2,1H3,(H,19,22)/b18-11+. The summed E-state index contributed by atoms with van der Waals surface area (Å²) in [6.07, 6.45) is 0. The van der Waals surface area contributed by atoms with Gasteiger partial charge >= 0.3 is 4.87 Å². The maximum Gasteiger partial charge on any atom is 0.308 e. The minimum atomic E-state index is -0.497. The van der Waals surface area contributed by atoms with Gasteiger partial charge in [0.05, 0.1) is 20.9 Å². The van der Waals surface area contributed by atoms with Crippen LogP contribution in [-0.2, 0) is 11.3 Å². The van der Waals surface area contributed by atoms with Gasteiger partial charge in [0.25, 0.3) is 11.6 Å². The summed E-state index contributed by atoms with van der Waals surface area (Å²) < 4.78 is 2.19. The highest BCUT2D eigenvalue weighted by Gasteiger charge is 2.11. The maximum absolute atomic E-state index is 12.1. The van der Waals surface area contributed by atoms with Crippen molar-refractivity contribution in [3.05, 3.63) is 73.9 Å². The van der Waals surface area contributed by atoms with Crippen LogP contribution < -0.4 is 10.3 Å². The first kappa shape index (κ1) is 17.5. The third-order valence-corrected chi connectivity index (χ3v) is 4.66. The topological polar surface area (TPSA) is 107 Å². The van der Waals surface area contributed by atoms with Crippen molar-refractivity contribution in [2.45, 2.75) is 13.5 Å². The highest BCUT2D eigenvalue weighted by Crippen LogP contribution is 2.16. The Morgan fingerprint density at radius 2 is 2.04 bits per heavy atom. The molecular weight excluding hydrogens is 356 g/mol. The number of hydrazone groups is 1. The largest absolute Gasteiger partial charge is 0.308 e. The van der Waals surface area contributed by atoms with Crippen LogP contribution in [0.5, 0.6) is 0 Å². The number of fused-ring (bicyclic) bond motifs is 1. The van der Waals surface area contributed by atoms with Crippen molar-refractivity contribution >= 4 is 38.9 Å². The second-order valence-corrected chi connectivity index (χ2v) is 6.45. The number of nitro groups is 1. The molecule has 0 saturated heterocycles. The summed E-state index contributed by atoms with van der Waals surface area (Å²) in [6.45, 7) is 1.47. The number of non-ortho nitro benzene ring substituents is 1. The first-order valence-electron chi connectivity index (χ1n) is 7.62.